The van der Waals surface area contributed by atoms with Crippen molar-refractivity contribution in [2.75, 3.05) is 26.2 Å². The Bertz CT molecular complexity index is 658. The third kappa shape index (κ3) is 6.58. The molecule has 3 amide bonds. The summed E-state index contributed by atoms with van der Waals surface area (Å²) in [5.41, 5.74) is 1.22. The Morgan fingerprint density at radius 3 is 2.52 bits per heavy atom. The molecule has 0 spiro atoms. The molecule has 3 N–H and O–H groups in total. The third-order valence-corrected chi connectivity index (χ3v) is 4.65. The van der Waals surface area contributed by atoms with E-state index in [1.54, 1.807) is 29.2 Å². The highest BCUT2D eigenvalue weighted by Gasteiger charge is 2.28. The van der Waals surface area contributed by atoms with Gasteiger partial charge in [0.2, 0.25) is 5.91 Å². The zero-order valence-corrected chi connectivity index (χ0v) is 16.0. The highest BCUT2D eigenvalue weighted by atomic mass is 16.4. The highest BCUT2D eigenvalue weighted by molar-refractivity contribution is 5.87. The maximum absolute atomic E-state index is 12.4. The van der Waals surface area contributed by atoms with Gasteiger partial charge in [-0.1, -0.05) is 26.0 Å². The van der Waals surface area contributed by atoms with Gasteiger partial charge in [0.15, 0.2) is 0 Å². The normalized spacial score (nSPS) is 16.9. The number of carboxylic acids is 1. The summed E-state index contributed by atoms with van der Waals surface area (Å²) in [4.78, 5) is 37.2. The van der Waals surface area contributed by atoms with Crippen molar-refractivity contribution in [2.24, 2.45) is 11.8 Å². The number of rotatable bonds is 7. The smallest absolute Gasteiger partial charge is 0.335 e. The van der Waals surface area contributed by atoms with Crippen LogP contribution in [0.5, 0.6) is 0 Å². The van der Waals surface area contributed by atoms with E-state index in [1.165, 1.54) is 0 Å². The number of carbonyl (C=O) groups is 3. The highest BCUT2D eigenvalue weighted by Crippen LogP contribution is 2.17. The number of nitrogens with one attached hydrogen (secondary N) is 2. The Hall–Kier alpha value is -2.57. The molecule has 1 aromatic carbocycles. The molecular weight excluding hydrogens is 346 g/mol. The van der Waals surface area contributed by atoms with E-state index >= 15 is 0 Å². The molecule has 1 heterocycles. The SMILES string of the molecule is CC(C)CNC(=O)N1CCCC(C(=O)NCCc2ccc(C(=O)O)cc2)C1. The number of carboxylic acid groups (broad SMARTS) is 1. The van der Waals surface area contributed by atoms with Crippen molar-refractivity contribution in [1.29, 1.82) is 0 Å². The van der Waals surface area contributed by atoms with Crippen LogP contribution in [0.3, 0.4) is 0 Å². The Labute approximate surface area is 160 Å². The molecule has 1 aliphatic rings. The number of likely N-dealkylation sites (tertiary alicyclic amines) is 1. The van der Waals surface area contributed by atoms with Crippen molar-refractivity contribution in [3.8, 4) is 0 Å². The molecule has 7 heteroatoms. The predicted molar refractivity (Wildman–Crippen MR) is 103 cm³/mol. The molecule has 0 radical (unpaired) electrons. The molecule has 148 valence electrons. The molecule has 1 fully saturated rings. The minimum absolute atomic E-state index is 0.0292. The van der Waals surface area contributed by atoms with Gasteiger partial charge in [-0.2, -0.15) is 0 Å². The monoisotopic (exact) mass is 375 g/mol. The lowest BCUT2D eigenvalue weighted by atomic mass is 9.97. The molecule has 0 bridgehead atoms. The van der Waals surface area contributed by atoms with Gasteiger partial charge in [-0.15, -0.1) is 0 Å². The van der Waals surface area contributed by atoms with Crippen molar-refractivity contribution in [3.63, 3.8) is 0 Å². The summed E-state index contributed by atoms with van der Waals surface area (Å²) in [6.45, 7) is 6.34. The predicted octanol–water partition coefficient (Wildman–Crippen LogP) is 2.12. The average molecular weight is 375 g/mol. The van der Waals surface area contributed by atoms with Crippen LogP contribution in [0, 0.1) is 11.8 Å². The maximum atomic E-state index is 12.4. The van der Waals surface area contributed by atoms with Crippen LogP contribution in [-0.4, -0.2) is 54.1 Å². The fourth-order valence-electron chi connectivity index (χ4n) is 3.07. The molecule has 2 rings (SSSR count). The van der Waals surface area contributed by atoms with Gasteiger partial charge in [0, 0.05) is 26.2 Å². The first-order chi connectivity index (χ1) is 12.9. The van der Waals surface area contributed by atoms with E-state index in [2.05, 4.69) is 10.6 Å². The van der Waals surface area contributed by atoms with Crippen molar-refractivity contribution in [1.82, 2.24) is 15.5 Å². The summed E-state index contributed by atoms with van der Waals surface area (Å²) in [5, 5.41) is 14.7. The van der Waals surface area contributed by atoms with Crippen LogP contribution in [0.2, 0.25) is 0 Å². The molecule has 1 unspecified atom stereocenters. The topological polar surface area (TPSA) is 98.7 Å². The van der Waals surface area contributed by atoms with Gasteiger partial charge >= 0.3 is 12.0 Å². The van der Waals surface area contributed by atoms with Crippen LogP contribution in [0.4, 0.5) is 4.79 Å². The van der Waals surface area contributed by atoms with E-state index in [9.17, 15) is 14.4 Å². The standard InChI is InChI=1S/C20H29N3O4/c1-14(2)12-22-20(27)23-11-3-4-17(13-23)18(24)21-10-9-15-5-7-16(8-6-15)19(25)26/h5-8,14,17H,3-4,9-13H2,1-2H3,(H,21,24)(H,22,27)(H,25,26). The zero-order chi connectivity index (χ0) is 19.8. The molecule has 1 atom stereocenters. The second-order valence-electron chi connectivity index (χ2n) is 7.41. The van der Waals surface area contributed by atoms with E-state index in [0.717, 1.165) is 18.4 Å². The van der Waals surface area contributed by atoms with Gasteiger partial charge in [0.1, 0.15) is 0 Å². The van der Waals surface area contributed by atoms with Crippen LogP contribution < -0.4 is 10.6 Å². The lowest BCUT2D eigenvalue weighted by Gasteiger charge is -2.32. The Morgan fingerprint density at radius 2 is 1.89 bits per heavy atom. The molecular formula is C20H29N3O4. The average Bonchev–Trinajstić information content (AvgIpc) is 2.66. The number of benzene rings is 1. The lowest BCUT2D eigenvalue weighted by Crippen LogP contribution is -2.49. The molecule has 1 aliphatic heterocycles. The minimum atomic E-state index is -0.950. The molecule has 1 saturated heterocycles. The number of carbonyl (C=O) groups excluding carboxylic acids is 2. The lowest BCUT2D eigenvalue weighted by molar-refractivity contribution is -0.126. The Morgan fingerprint density at radius 1 is 1.19 bits per heavy atom. The van der Waals surface area contributed by atoms with Crippen LogP contribution in [0.1, 0.15) is 42.6 Å². The summed E-state index contributed by atoms with van der Waals surface area (Å²) < 4.78 is 0. The van der Waals surface area contributed by atoms with E-state index in [0.29, 0.717) is 38.5 Å². The summed E-state index contributed by atoms with van der Waals surface area (Å²) in [6, 6.07) is 6.55. The fourth-order valence-corrected chi connectivity index (χ4v) is 3.07. The quantitative estimate of drug-likeness (QED) is 0.680. The second kappa shape index (κ2) is 9.94. The van der Waals surface area contributed by atoms with Crippen LogP contribution in [0.25, 0.3) is 0 Å². The maximum Gasteiger partial charge on any atom is 0.335 e. The zero-order valence-electron chi connectivity index (χ0n) is 16.0. The number of aromatic carboxylic acids is 1. The molecule has 27 heavy (non-hydrogen) atoms. The van der Waals surface area contributed by atoms with Crippen LogP contribution in [-0.2, 0) is 11.2 Å². The van der Waals surface area contributed by atoms with Crippen molar-refractivity contribution in [2.45, 2.75) is 33.1 Å². The first-order valence-corrected chi connectivity index (χ1v) is 9.49. The van der Waals surface area contributed by atoms with E-state index in [1.807, 2.05) is 13.8 Å². The van der Waals surface area contributed by atoms with Gasteiger partial charge in [-0.05, 0) is 42.9 Å². The number of urea groups is 1. The number of hydrogen-bond donors (Lipinski definition) is 3. The van der Waals surface area contributed by atoms with E-state index < -0.39 is 5.97 Å². The van der Waals surface area contributed by atoms with Crippen LogP contribution >= 0.6 is 0 Å². The molecule has 7 nitrogen and oxygen atoms in total. The van der Waals surface area contributed by atoms with Crippen molar-refractivity contribution >= 4 is 17.9 Å². The number of amides is 3. The Kier molecular flexibility index (Phi) is 7.64. The number of hydrogen-bond acceptors (Lipinski definition) is 3. The van der Waals surface area contributed by atoms with E-state index in [-0.39, 0.29) is 23.4 Å². The molecule has 0 aliphatic carbocycles. The number of nitrogens with zero attached hydrogens (tertiary/aromatic N) is 1. The first kappa shape index (κ1) is 20.7. The van der Waals surface area contributed by atoms with Gasteiger partial charge < -0.3 is 20.6 Å². The minimum Gasteiger partial charge on any atom is -0.478 e. The van der Waals surface area contributed by atoms with Gasteiger partial charge in [0.05, 0.1) is 11.5 Å². The summed E-state index contributed by atoms with van der Waals surface area (Å²) in [6.07, 6.45) is 2.24. The van der Waals surface area contributed by atoms with E-state index in [4.69, 9.17) is 5.11 Å². The van der Waals surface area contributed by atoms with Gasteiger partial charge in [0.25, 0.3) is 0 Å². The van der Waals surface area contributed by atoms with Gasteiger partial charge in [-0.25, -0.2) is 9.59 Å². The molecule has 0 aromatic heterocycles. The molecule has 0 saturated carbocycles. The van der Waals surface area contributed by atoms with Crippen LogP contribution in [0.15, 0.2) is 24.3 Å². The van der Waals surface area contributed by atoms with Crippen molar-refractivity contribution in [3.05, 3.63) is 35.4 Å². The first-order valence-electron chi connectivity index (χ1n) is 9.49. The Balaban J connectivity index is 1.76. The van der Waals surface area contributed by atoms with Crippen molar-refractivity contribution < 1.29 is 19.5 Å². The summed E-state index contributed by atoms with van der Waals surface area (Å²) >= 11 is 0. The largest absolute Gasteiger partial charge is 0.478 e. The third-order valence-electron chi connectivity index (χ3n) is 4.65. The molecule has 1 aromatic rings. The van der Waals surface area contributed by atoms with Gasteiger partial charge in [-0.3, -0.25) is 4.79 Å². The summed E-state index contributed by atoms with van der Waals surface area (Å²) in [5.74, 6) is -0.770. The fraction of sp³-hybridized carbons (Fsp3) is 0.550. The number of piperidine rings is 1. The summed E-state index contributed by atoms with van der Waals surface area (Å²) in [7, 11) is 0. The second-order valence-corrected chi connectivity index (χ2v) is 7.41.